The van der Waals surface area contributed by atoms with E-state index in [0.717, 1.165) is 43.9 Å². The number of rotatable bonds is 7. The van der Waals surface area contributed by atoms with Crippen LogP contribution in [0.2, 0.25) is 0 Å². The molecule has 0 amide bonds. The Morgan fingerprint density at radius 2 is 2.16 bits per heavy atom. The fraction of sp³-hybridized carbons (Fsp3) is 0.500. The third-order valence-electron chi connectivity index (χ3n) is 3.18. The molecule has 0 spiro atoms. The van der Waals surface area contributed by atoms with E-state index in [1.807, 2.05) is 30.3 Å². The van der Waals surface area contributed by atoms with Gasteiger partial charge in [0.2, 0.25) is 0 Å². The quantitative estimate of drug-likeness (QED) is 0.818. The Morgan fingerprint density at radius 1 is 1.32 bits per heavy atom. The maximum atomic E-state index is 5.75. The number of para-hydroxylation sites is 1. The molecular weight excluding hydrogens is 238 g/mol. The predicted octanol–water partition coefficient (Wildman–Crippen LogP) is 3.13. The molecule has 1 atom stereocenters. The Balaban J connectivity index is 1.81. The largest absolute Gasteiger partial charge is 0.497 e. The molecule has 0 aliphatic carbocycles. The van der Waals surface area contributed by atoms with Crippen molar-refractivity contribution in [2.45, 2.75) is 32.2 Å². The second-order valence-electron chi connectivity index (χ2n) is 4.66. The van der Waals surface area contributed by atoms with Gasteiger partial charge in [-0.2, -0.15) is 0 Å². The van der Waals surface area contributed by atoms with Crippen molar-refractivity contribution in [3.63, 3.8) is 0 Å². The average Bonchev–Trinajstić information content (AvgIpc) is 2.48. The molecule has 19 heavy (non-hydrogen) atoms. The summed E-state index contributed by atoms with van der Waals surface area (Å²) in [5, 5.41) is 3.47. The van der Waals surface area contributed by atoms with Gasteiger partial charge < -0.3 is 14.8 Å². The molecular formula is C16H23NO2. The molecule has 2 rings (SSSR count). The van der Waals surface area contributed by atoms with Crippen LogP contribution in [-0.2, 0) is 4.74 Å². The highest BCUT2D eigenvalue weighted by Gasteiger charge is 2.16. The van der Waals surface area contributed by atoms with Crippen molar-refractivity contribution in [2.75, 3.05) is 19.8 Å². The molecule has 1 aliphatic rings. The predicted molar refractivity (Wildman–Crippen MR) is 77.3 cm³/mol. The van der Waals surface area contributed by atoms with Gasteiger partial charge in [-0.25, -0.2) is 0 Å². The molecule has 1 aromatic carbocycles. The summed E-state index contributed by atoms with van der Waals surface area (Å²) < 4.78 is 11.5. The van der Waals surface area contributed by atoms with Gasteiger partial charge in [-0.1, -0.05) is 25.1 Å². The Morgan fingerprint density at radius 3 is 2.84 bits per heavy atom. The van der Waals surface area contributed by atoms with E-state index in [9.17, 15) is 0 Å². The average molecular weight is 261 g/mol. The lowest BCUT2D eigenvalue weighted by atomic mass is 10.1. The number of allylic oxidation sites excluding steroid dienone is 1. The molecule has 104 valence electrons. The minimum absolute atomic E-state index is 0.272. The molecule has 3 heteroatoms. The first kappa shape index (κ1) is 13.9. The topological polar surface area (TPSA) is 30.5 Å². The van der Waals surface area contributed by atoms with Crippen LogP contribution in [0.5, 0.6) is 5.75 Å². The van der Waals surface area contributed by atoms with Crippen molar-refractivity contribution in [2.24, 2.45) is 0 Å². The standard InChI is InChI=1S/C16H23NO2/c1-2-17-15(16-10-6-7-12-19-16)11-13-18-14-8-4-3-5-9-14/h3-5,8-10,15,17H,2,6-7,11-13H2,1H3. The minimum Gasteiger partial charge on any atom is -0.497 e. The highest BCUT2D eigenvalue weighted by atomic mass is 16.5. The smallest absolute Gasteiger partial charge is 0.119 e. The zero-order valence-corrected chi connectivity index (χ0v) is 11.6. The zero-order chi connectivity index (χ0) is 13.3. The molecule has 0 radical (unpaired) electrons. The molecule has 3 nitrogen and oxygen atoms in total. The van der Waals surface area contributed by atoms with Crippen LogP contribution in [0.4, 0.5) is 0 Å². The summed E-state index contributed by atoms with van der Waals surface area (Å²) in [6.07, 6.45) is 5.38. The van der Waals surface area contributed by atoms with Crippen molar-refractivity contribution >= 4 is 0 Å². The summed E-state index contributed by atoms with van der Waals surface area (Å²) in [4.78, 5) is 0. The first-order valence-corrected chi connectivity index (χ1v) is 7.14. The second-order valence-corrected chi connectivity index (χ2v) is 4.66. The van der Waals surface area contributed by atoms with Crippen LogP contribution in [0.25, 0.3) is 0 Å². The highest BCUT2D eigenvalue weighted by molar-refractivity contribution is 5.20. The van der Waals surface area contributed by atoms with Gasteiger partial charge in [0.15, 0.2) is 0 Å². The van der Waals surface area contributed by atoms with Crippen molar-refractivity contribution in [1.82, 2.24) is 5.32 Å². The van der Waals surface area contributed by atoms with E-state index in [1.54, 1.807) is 0 Å². The SMILES string of the molecule is CCNC(CCOc1ccccc1)C1=CCCCO1. The van der Waals surface area contributed by atoms with E-state index >= 15 is 0 Å². The highest BCUT2D eigenvalue weighted by Crippen LogP contribution is 2.17. The van der Waals surface area contributed by atoms with Crippen LogP contribution in [0.15, 0.2) is 42.2 Å². The minimum atomic E-state index is 0.272. The van der Waals surface area contributed by atoms with Crippen LogP contribution in [-0.4, -0.2) is 25.8 Å². The van der Waals surface area contributed by atoms with Crippen molar-refractivity contribution in [3.05, 3.63) is 42.2 Å². The second kappa shape index (κ2) is 7.85. The van der Waals surface area contributed by atoms with Crippen molar-refractivity contribution < 1.29 is 9.47 Å². The normalized spacial score (nSPS) is 16.4. The third-order valence-corrected chi connectivity index (χ3v) is 3.18. The van der Waals surface area contributed by atoms with E-state index < -0.39 is 0 Å². The summed E-state index contributed by atoms with van der Waals surface area (Å²) in [7, 11) is 0. The lowest BCUT2D eigenvalue weighted by Gasteiger charge is -2.24. The zero-order valence-electron chi connectivity index (χ0n) is 11.6. The number of likely N-dealkylation sites (N-methyl/N-ethyl adjacent to an activating group) is 1. The van der Waals surface area contributed by atoms with Gasteiger partial charge in [-0.05, 0) is 37.6 Å². The van der Waals surface area contributed by atoms with Gasteiger partial charge in [0.25, 0.3) is 0 Å². The van der Waals surface area contributed by atoms with Crippen LogP contribution >= 0.6 is 0 Å². The third kappa shape index (κ3) is 4.60. The number of nitrogens with one attached hydrogen (secondary N) is 1. The molecule has 0 bridgehead atoms. The molecule has 1 aliphatic heterocycles. The number of hydrogen-bond acceptors (Lipinski definition) is 3. The summed E-state index contributed by atoms with van der Waals surface area (Å²) in [6, 6.07) is 10.2. The number of ether oxygens (including phenoxy) is 2. The van der Waals surface area contributed by atoms with Gasteiger partial charge >= 0.3 is 0 Å². The van der Waals surface area contributed by atoms with E-state index in [0.29, 0.717) is 6.61 Å². The monoisotopic (exact) mass is 261 g/mol. The van der Waals surface area contributed by atoms with E-state index in [-0.39, 0.29) is 6.04 Å². The first-order valence-electron chi connectivity index (χ1n) is 7.14. The summed E-state index contributed by atoms with van der Waals surface area (Å²) in [5.41, 5.74) is 0. The van der Waals surface area contributed by atoms with Gasteiger partial charge in [0, 0.05) is 6.42 Å². The molecule has 1 unspecified atom stereocenters. The van der Waals surface area contributed by atoms with Crippen molar-refractivity contribution in [1.29, 1.82) is 0 Å². The van der Waals surface area contributed by atoms with Gasteiger partial charge in [0.05, 0.1) is 19.3 Å². The maximum Gasteiger partial charge on any atom is 0.119 e. The fourth-order valence-corrected chi connectivity index (χ4v) is 2.22. The summed E-state index contributed by atoms with van der Waals surface area (Å²) >= 11 is 0. The molecule has 0 fully saturated rings. The van der Waals surface area contributed by atoms with E-state index in [2.05, 4.69) is 18.3 Å². The molecule has 0 saturated carbocycles. The molecule has 1 heterocycles. The molecule has 1 aromatic rings. The maximum absolute atomic E-state index is 5.75. The Labute approximate surface area is 115 Å². The lowest BCUT2D eigenvalue weighted by molar-refractivity contribution is 0.158. The molecule has 0 aromatic heterocycles. The number of benzene rings is 1. The van der Waals surface area contributed by atoms with Gasteiger partial charge in [0.1, 0.15) is 11.5 Å². The summed E-state index contributed by atoms with van der Waals surface area (Å²) in [6.45, 7) is 4.60. The van der Waals surface area contributed by atoms with Crippen LogP contribution in [0, 0.1) is 0 Å². The van der Waals surface area contributed by atoms with Crippen LogP contribution in [0.3, 0.4) is 0 Å². The fourth-order valence-electron chi connectivity index (χ4n) is 2.22. The van der Waals surface area contributed by atoms with E-state index in [1.165, 1.54) is 0 Å². The lowest BCUT2D eigenvalue weighted by Crippen LogP contribution is -2.34. The van der Waals surface area contributed by atoms with E-state index in [4.69, 9.17) is 9.47 Å². The van der Waals surface area contributed by atoms with Crippen molar-refractivity contribution in [3.8, 4) is 5.75 Å². The first-order chi connectivity index (χ1) is 9.40. The molecule has 1 N–H and O–H groups in total. The van der Waals surface area contributed by atoms with Crippen LogP contribution < -0.4 is 10.1 Å². The van der Waals surface area contributed by atoms with Gasteiger partial charge in [-0.3, -0.25) is 0 Å². The number of hydrogen-bond donors (Lipinski definition) is 1. The Bertz CT molecular complexity index is 389. The molecule has 0 saturated heterocycles. The Kier molecular flexibility index (Phi) is 5.76. The van der Waals surface area contributed by atoms with Gasteiger partial charge in [-0.15, -0.1) is 0 Å². The Hall–Kier alpha value is -1.48. The summed E-state index contributed by atoms with van der Waals surface area (Å²) in [5.74, 6) is 2.01. The van der Waals surface area contributed by atoms with Crippen LogP contribution in [0.1, 0.15) is 26.2 Å².